The lowest BCUT2D eigenvalue weighted by atomic mass is 10.1. The number of piperazine rings is 1. The van der Waals surface area contributed by atoms with Crippen LogP contribution in [-0.2, 0) is 0 Å². The Labute approximate surface area is 192 Å². The standard InChI is InChI=1S/C27H23N5O/c28-19-20-8-7-13-23(18-20)31-14-16-32(17-15-31)27(33)25-24(21-9-3-1-4-10-21)29-26(30-25)22-11-5-2-6-12-22/h1-13,18H,14-17H2,(H,29,30). The SMILES string of the molecule is N#Cc1cccc(N2CCN(C(=O)c3[nH]c(-c4ccccc4)nc3-c3ccccc3)CC2)c1. The van der Waals surface area contributed by atoms with E-state index in [0.717, 1.165) is 16.8 Å². The lowest BCUT2D eigenvalue weighted by molar-refractivity contribution is 0.0742. The summed E-state index contributed by atoms with van der Waals surface area (Å²) in [6.07, 6.45) is 0. The summed E-state index contributed by atoms with van der Waals surface area (Å²) in [4.78, 5) is 25.8. The van der Waals surface area contributed by atoms with Crippen LogP contribution in [0.25, 0.3) is 22.6 Å². The minimum absolute atomic E-state index is 0.0473. The van der Waals surface area contributed by atoms with Gasteiger partial charge in [-0.25, -0.2) is 4.98 Å². The number of aromatic amines is 1. The summed E-state index contributed by atoms with van der Waals surface area (Å²) in [6, 6.07) is 29.4. The van der Waals surface area contributed by atoms with Crippen LogP contribution >= 0.6 is 0 Å². The maximum Gasteiger partial charge on any atom is 0.272 e. The van der Waals surface area contributed by atoms with E-state index in [1.165, 1.54) is 0 Å². The van der Waals surface area contributed by atoms with Crippen molar-refractivity contribution < 1.29 is 4.79 Å². The Morgan fingerprint density at radius 1 is 0.848 bits per heavy atom. The number of hydrogen-bond acceptors (Lipinski definition) is 4. The van der Waals surface area contributed by atoms with E-state index in [4.69, 9.17) is 4.98 Å². The van der Waals surface area contributed by atoms with Gasteiger partial charge in [0.15, 0.2) is 0 Å². The summed E-state index contributed by atoms with van der Waals surface area (Å²) < 4.78 is 0. The highest BCUT2D eigenvalue weighted by atomic mass is 16.2. The molecule has 0 atom stereocenters. The minimum Gasteiger partial charge on any atom is -0.368 e. The molecule has 0 unspecified atom stereocenters. The summed E-state index contributed by atoms with van der Waals surface area (Å²) in [6.45, 7) is 2.62. The minimum atomic E-state index is -0.0473. The van der Waals surface area contributed by atoms with Gasteiger partial charge < -0.3 is 14.8 Å². The van der Waals surface area contributed by atoms with Crippen LogP contribution in [0.5, 0.6) is 0 Å². The molecule has 2 heterocycles. The molecule has 1 saturated heterocycles. The van der Waals surface area contributed by atoms with Gasteiger partial charge in [-0.05, 0) is 18.2 Å². The van der Waals surface area contributed by atoms with E-state index in [-0.39, 0.29) is 5.91 Å². The first-order valence-corrected chi connectivity index (χ1v) is 11.0. The number of imidazole rings is 1. The third-order valence-corrected chi connectivity index (χ3v) is 5.92. The Hall–Kier alpha value is -4.37. The second-order valence-corrected chi connectivity index (χ2v) is 7.98. The van der Waals surface area contributed by atoms with Crippen molar-refractivity contribution in [1.82, 2.24) is 14.9 Å². The van der Waals surface area contributed by atoms with Crippen LogP contribution in [0.1, 0.15) is 16.1 Å². The molecule has 33 heavy (non-hydrogen) atoms. The Bertz CT molecular complexity index is 1300. The van der Waals surface area contributed by atoms with Crippen molar-refractivity contribution in [2.45, 2.75) is 0 Å². The number of amides is 1. The number of hydrogen-bond donors (Lipinski definition) is 1. The molecule has 1 aromatic heterocycles. The maximum atomic E-state index is 13.6. The molecule has 1 amide bonds. The van der Waals surface area contributed by atoms with Crippen LogP contribution in [-0.4, -0.2) is 47.0 Å². The van der Waals surface area contributed by atoms with Gasteiger partial charge in [0.1, 0.15) is 17.2 Å². The van der Waals surface area contributed by atoms with Crippen LogP contribution in [0, 0.1) is 11.3 Å². The molecule has 6 heteroatoms. The third-order valence-electron chi connectivity index (χ3n) is 5.92. The van der Waals surface area contributed by atoms with Crippen LogP contribution in [0.2, 0.25) is 0 Å². The Kier molecular flexibility index (Phi) is 5.61. The summed E-state index contributed by atoms with van der Waals surface area (Å²) >= 11 is 0. The van der Waals surface area contributed by atoms with Gasteiger partial charge in [-0.3, -0.25) is 4.79 Å². The zero-order valence-corrected chi connectivity index (χ0v) is 18.1. The average Bonchev–Trinajstić information content (AvgIpc) is 3.35. The van der Waals surface area contributed by atoms with E-state index in [1.54, 1.807) is 6.07 Å². The van der Waals surface area contributed by atoms with Crippen LogP contribution in [0.4, 0.5) is 5.69 Å². The zero-order valence-electron chi connectivity index (χ0n) is 18.1. The summed E-state index contributed by atoms with van der Waals surface area (Å²) in [5.41, 5.74) is 4.69. The largest absolute Gasteiger partial charge is 0.368 e. The number of nitriles is 1. The topological polar surface area (TPSA) is 76.0 Å². The van der Waals surface area contributed by atoms with Gasteiger partial charge in [0, 0.05) is 43.0 Å². The summed E-state index contributed by atoms with van der Waals surface area (Å²) in [5, 5.41) is 9.17. The molecular formula is C27H23N5O. The number of benzene rings is 3. The van der Waals surface area contributed by atoms with E-state index < -0.39 is 0 Å². The fraction of sp³-hybridized carbons (Fsp3) is 0.148. The van der Waals surface area contributed by atoms with Crippen LogP contribution in [0.3, 0.4) is 0 Å². The maximum absolute atomic E-state index is 13.6. The third kappa shape index (κ3) is 4.21. The first-order chi connectivity index (χ1) is 16.2. The van der Waals surface area contributed by atoms with Gasteiger partial charge in [-0.15, -0.1) is 0 Å². The van der Waals surface area contributed by atoms with Gasteiger partial charge in [0.25, 0.3) is 5.91 Å². The number of rotatable bonds is 4. The van der Waals surface area contributed by atoms with Gasteiger partial charge in [0.05, 0.1) is 11.6 Å². The van der Waals surface area contributed by atoms with Crippen molar-refractivity contribution in [1.29, 1.82) is 5.26 Å². The molecule has 0 saturated carbocycles. The molecule has 4 aromatic rings. The fourth-order valence-electron chi connectivity index (χ4n) is 4.16. The van der Waals surface area contributed by atoms with Crippen LogP contribution in [0.15, 0.2) is 84.9 Å². The predicted molar refractivity (Wildman–Crippen MR) is 129 cm³/mol. The highest BCUT2D eigenvalue weighted by Gasteiger charge is 2.27. The van der Waals surface area contributed by atoms with Crippen molar-refractivity contribution in [2.24, 2.45) is 0 Å². The van der Waals surface area contributed by atoms with Crippen molar-refractivity contribution in [2.75, 3.05) is 31.1 Å². The van der Waals surface area contributed by atoms with E-state index in [2.05, 4.69) is 16.0 Å². The molecular weight excluding hydrogens is 410 g/mol. The molecule has 3 aromatic carbocycles. The van der Waals surface area contributed by atoms with E-state index >= 15 is 0 Å². The molecule has 1 fully saturated rings. The molecule has 162 valence electrons. The van der Waals surface area contributed by atoms with Gasteiger partial charge in [-0.2, -0.15) is 5.26 Å². The highest BCUT2D eigenvalue weighted by molar-refractivity contribution is 5.99. The molecule has 0 radical (unpaired) electrons. The summed E-state index contributed by atoms with van der Waals surface area (Å²) in [7, 11) is 0. The quantitative estimate of drug-likeness (QED) is 0.511. The number of anilines is 1. The second kappa shape index (κ2) is 9.01. The highest BCUT2D eigenvalue weighted by Crippen LogP contribution is 2.28. The fourth-order valence-corrected chi connectivity index (χ4v) is 4.16. The smallest absolute Gasteiger partial charge is 0.272 e. The monoisotopic (exact) mass is 433 g/mol. The van der Waals surface area contributed by atoms with Gasteiger partial charge in [0.2, 0.25) is 0 Å². The van der Waals surface area contributed by atoms with Crippen molar-refractivity contribution in [3.8, 4) is 28.7 Å². The Morgan fingerprint density at radius 3 is 2.18 bits per heavy atom. The first-order valence-electron chi connectivity index (χ1n) is 11.0. The number of aromatic nitrogens is 2. The number of carbonyl (C=O) groups is 1. The van der Waals surface area contributed by atoms with Crippen molar-refractivity contribution in [3.05, 3.63) is 96.2 Å². The second-order valence-electron chi connectivity index (χ2n) is 7.98. The number of nitrogens with one attached hydrogen (secondary N) is 1. The molecule has 1 aliphatic heterocycles. The van der Waals surface area contributed by atoms with Crippen molar-refractivity contribution in [3.63, 3.8) is 0 Å². The normalized spacial score (nSPS) is 13.5. The van der Waals surface area contributed by atoms with Gasteiger partial charge >= 0.3 is 0 Å². The Morgan fingerprint density at radius 2 is 1.52 bits per heavy atom. The molecule has 0 bridgehead atoms. The lowest BCUT2D eigenvalue weighted by Gasteiger charge is -2.36. The van der Waals surface area contributed by atoms with E-state index in [9.17, 15) is 10.1 Å². The van der Waals surface area contributed by atoms with E-state index in [0.29, 0.717) is 49.0 Å². The summed E-state index contributed by atoms with van der Waals surface area (Å²) in [5.74, 6) is 0.638. The molecule has 0 spiro atoms. The first kappa shape index (κ1) is 20.5. The molecule has 6 nitrogen and oxygen atoms in total. The number of nitrogens with zero attached hydrogens (tertiary/aromatic N) is 4. The van der Waals surface area contributed by atoms with Crippen LogP contribution < -0.4 is 4.90 Å². The Balaban J connectivity index is 1.40. The number of carbonyl (C=O) groups excluding carboxylic acids is 1. The van der Waals surface area contributed by atoms with E-state index in [1.807, 2.05) is 83.8 Å². The lowest BCUT2D eigenvalue weighted by Crippen LogP contribution is -2.49. The molecule has 1 N–H and O–H groups in total. The number of H-pyrrole nitrogens is 1. The van der Waals surface area contributed by atoms with Crippen molar-refractivity contribution >= 4 is 11.6 Å². The molecule has 5 rings (SSSR count). The average molecular weight is 434 g/mol. The molecule has 1 aliphatic rings. The zero-order chi connectivity index (χ0) is 22.6. The van der Waals surface area contributed by atoms with Gasteiger partial charge in [-0.1, -0.05) is 66.7 Å². The molecule has 0 aliphatic carbocycles. The predicted octanol–water partition coefficient (Wildman–Crippen LogP) is 4.58.